The molecule has 0 spiro atoms. The first-order valence-corrected chi connectivity index (χ1v) is 4.42. The Bertz CT molecular complexity index is 226. The molecule has 1 aromatic rings. The summed E-state index contributed by atoms with van der Waals surface area (Å²) < 4.78 is 5.83. The molecule has 0 saturated carbocycles. The van der Waals surface area contributed by atoms with E-state index in [-0.39, 0.29) is 35.5 Å². The van der Waals surface area contributed by atoms with Crippen LogP contribution >= 0.6 is 15.9 Å². The van der Waals surface area contributed by atoms with Gasteiger partial charge in [-0.15, -0.1) is 0 Å². The van der Waals surface area contributed by atoms with Gasteiger partial charge in [-0.05, 0) is 22.0 Å². The molecule has 0 aliphatic carbocycles. The average Bonchev–Trinajstić information content (AvgIpc) is 2.06. The van der Waals surface area contributed by atoms with E-state index in [9.17, 15) is 0 Å². The van der Waals surface area contributed by atoms with Gasteiger partial charge in [-0.2, -0.15) is 13.8 Å². The van der Waals surface area contributed by atoms with Gasteiger partial charge in [0.25, 0.3) is 0 Å². The topological polar surface area (TPSA) is 22.1 Å². The molecular formula is C9H13BrClMgNO. The van der Waals surface area contributed by atoms with Crippen LogP contribution in [-0.2, 0) is 0 Å². The van der Waals surface area contributed by atoms with Gasteiger partial charge in [0.2, 0.25) is 0 Å². The van der Waals surface area contributed by atoms with Crippen LogP contribution in [0.3, 0.4) is 0 Å². The van der Waals surface area contributed by atoms with E-state index < -0.39 is 0 Å². The van der Waals surface area contributed by atoms with E-state index in [2.05, 4.69) is 20.9 Å². The van der Waals surface area contributed by atoms with Crippen LogP contribution in [0.25, 0.3) is 0 Å². The molecule has 0 N–H and O–H groups in total. The zero-order chi connectivity index (χ0) is 9.40. The molecule has 1 aromatic heterocycles. The van der Waals surface area contributed by atoms with Crippen LogP contribution in [0.4, 0.5) is 0 Å². The Kier molecular flexibility index (Phi) is 19.2. The monoisotopic (exact) mass is 289 g/mol. The first-order chi connectivity index (χ1) is 5.74. The van der Waals surface area contributed by atoms with E-state index >= 15 is 0 Å². The fourth-order valence-corrected chi connectivity index (χ4v) is 0.848. The summed E-state index contributed by atoms with van der Waals surface area (Å²) in [6.07, 6.45) is 5.37. The van der Waals surface area contributed by atoms with E-state index in [4.69, 9.17) is 4.74 Å². The van der Waals surface area contributed by atoms with E-state index in [1.54, 1.807) is 19.5 Å². The van der Waals surface area contributed by atoms with Crippen molar-refractivity contribution in [3.05, 3.63) is 29.4 Å². The molecule has 14 heavy (non-hydrogen) atoms. The molecule has 1 heterocycles. The minimum atomic E-state index is 0. The Hall–Kier alpha value is 0.486. The van der Waals surface area contributed by atoms with E-state index in [0.717, 1.165) is 10.2 Å². The van der Waals surface area contributed by atoms with Crippen molar-refractivity contribution in [2.75, 3.05) is 7.11 Å². The first kappa shape index (κ1) is 20.0. The molecule has 0 aliphatic rings. The third-order valence-corrected chi connectivity index (χ3v) is 1.35. The maximum atomic E-state index is 4.90. The van der Waals surface area contributed by atoms with Crippen LogP contribution in [0.5, 0.6) is 5.75 Å². The number of nitrogens with zero attached hydrogens (tertiary/aromatic N) is 1. The molecular weight excluding hydrogens is 278 g/mol. The Morgan fingerprint density at radius 3 is 2.14 bits per heavy atom. The molecule has 0 radical (unpaired) electrons. The van der Waals surface area contributed by atoms with Gasteiger partial charge in [0.05, 0.1) is 13.3 Å². The molecule has 0 fully saturated rings. The fourth-order valence-electron chi connectivity index (χ4n) is 0.504. The minimum absolute atomic E-state index is 0. The predicted molar refractivity (Wildman–Crippen MR) is 59.9 cm³/mol. The molecule has 76 valence electrons. The van der Waals surface area contributed by atoms with E-state index in [0.29, 0.717) is 0 Å². The fraction of sp³-hybridized carbons (Fsp3) is 0.333. The molecule has 0 atom stereocenters. The van der Waals surface area contributed by atoms with Gasteiger partial charge in [-0.3, -0.25) is 4.98 Å². The smallest absolute Gasteiger partial charge is 1.00 e. The van der Waals surface area contributed by atoms with Crippen LogP contribution in [0.1, 0.15) is 13.8 Å². The van der Waals surface area contributed by atoms with Crippen molar-refractivity contribution in [2.24, 2.45) is 0 Å². The number of halogens is 2. The van der Waals surface area contributed by atoms with Gasteiger partial charge < -0.3 is 23.6 Å². The largest absolute Gasteiger partial charge is 2.00 e. The van der Waals surface area contributed by atoms with Crippen LogP contribution < -0.4 is 17.1 Å². The zero-order valence-electron chi connectivity index (χ0n) is 8.63. The Labute approximate surface area is 117 Å². The molecule has 0 amide bonds. The summed E-state index contributed by atoms with van der Waals surface area (Å²) in [5.74, 6) is 0.768. The van der Waals surface area contributed by atoms with Crippen molar-refractivity contribution in [2.45, 2.75) is 13.8 Å². The zero-order valence-corrected chi connectivity index (χ0v) is 12.4. The van der Waals surface area contributed by atoms with Gasteiger partial charge >= 0.3 is 23.1 Å². The summed E-state index contributed by atoms with van der Waals surface area (Å²) in [5, 5.41) is 0. The number of ether oxygens (including phenoxy) is 1. The van der Waals surface area contributed by atoms with Crippen molar-refractivity contribution < 1.29 is 17.1 Å². The molecule has 0 unspecified atom stereocenters. The normalized spacial score (nSPS) is 7.14. The molecule has 2 nitrogen and oxygen atoms in total. The minimum Gasteiger partial charge on any atom is -1.00 e. The van der Waals surface area contributed by atoms with Gasteiger partial charge in [0.15, 0.2) is 0 Å². The second-order valence-electron chi connectivity index (χ2n) is 2.12. The van der Waals surface area contributed by atoms with Gasteiger partial charge in [0.1, 0.15) is 5.75 Å². The third-order valence-electron chi connectivity index (χ3n) is 0.915. The van der Waals surface area contributed by atoms with Crippen molar-refractivity contribution in [1.82, 2.24) is 4.98 Å². The van der Waals surface area contributed by atoms with E-state index in [1.807, 2.05) is 26.3 Å². The van der Waals surface area contributed by atoms with Gasteiger partial charge in [0, 0.05) is 10.7 Å². The molecule has 0 saturated heterocycles. The van der Waals surface area contributed by atoms with Crippen molar-refractivity contribution >= 4 is 39.0 Å². The maximum Gasteiger partial charge on any atom is 2.00 e. The molecule has 0 aromatic carbocycles. The summed E-state index contributed by atoms with van der Waals surface area (Å²) in [7, 11) is 1.61. The number of methoxy groups -OCH3 is 1. The van der Waals surface area contributed by atoms with E-state index in [1.165, 1.54) is 0 Å². The molecule has 1 rings (SSSR count). The van der Waals surface area contributed by atoms with Gasteiger partial charge in [-0.25, -0.2) is 0 Å². The van der Waals surface area contributed by atoms with Crippen LogP contribution in [0.2, 0.25) is 0 Å². The number of hydrogen-bond acceptors (Lipinski definition) is 2. The molecule has 5 heteroatoms. The van der Waals surface area contributed by atoms with Crippen LogP contribution in [0, 0.1) is 6.42 Å². The molecule has 0 aliphatic heterocycles. The summed E-state index contributed by atoms with van der Waals surface area (Å²) in [6, 6.07) is 1.85. The average molecular weight is 291 g/mol. The van der Waals surface area contributed by atoms with Crippen LogP contribution in [-0.4, -0.2) is 35.1 Å². The quantitative estimate of drug-likeness (QED) is 0.524. The number of rotatable bonds is 1. The predicted octanol–water partition coefficient (Wildman–Crippen LogP) is -0.294. The Morgan fingerprint density at radius 2 is 1.86 bits per heavy atom. The number of hydrogen-bond donors (Lipinski definition) is 0. The standard InChI is InChI=1S/C6H6BrNO.C3H7.ClH.Mg/c1-9-6-2-5(7)3-8-4-6;1-3-2;;/h2-4H,1H3;3H,1-2H3;1H;/q;-1;;+2/p-1. The maximum absolute atomic E-state index is 4.90. The van der Waals surface area contributed by atoms with Crippen molar-refractivity contribution in [3.63, 3.8) is 0 Å². The molecule has 0 bridgehead atoms. The Balaban J connectivity index is -0.000000218. The van der Waals surface area contributed by atoms with Crippen molar-refractivity contribution in [3.8, 4) is 5.75 Å². The number of aromatic nitrogens is 1. The van der Waals surface area contributed by atoms with Crippen molar-refractivity contribution in [1.29, 1.82) is 0 Å². The van der Waals surface area contributed by atoms with Crippen LogP contribution in [0.15, 0.2) is 22.9 Å². The Morgan fingerprint density at radius 1 is 1.36 bits per heavy atom. The first-order valence-electron chi connectivity index (χ1n) is 3.63. The second kappa shape index (κ2) is 13.5. The summed E-state index contributed by atoms with van der Waals surface area (Å²) >= 11 is 3.26. The number of pyridine rings is 1. The SMILES string of the molecule is COc1cncc(Br)c1.C[CH-]C.[Cl-].[Mg+2]. The second-order valence-corrected chi connectivity index (χ2v) is 3.04. The summed E-state index contributed by atoms with van der Waals surface area (Å²) in [5.41, 5.74) is 0. The summed E-state index contributed by atoms with van der Waals surface area (Å²) in [6.45, 7) is 4.00. The third kappa shape index (κ3) is 10.6. The van der Waals surface area contributed by atoms with Gasteiger partial charge in [-0.1, -0.05) is 0 Å². The summed E-state index contributed by atoms with van der Waals surface area (Å²) in [4.78, 5) is 3.88.